The number of nitrogens with two attached hydrogens (primary N) is 1. The van der Waals surface area contributed by atoms with Crippen LogP contribution in [0.25, 0.3) is 0 Å². The van der Waals surface area contributed by atoms with Gasteiger partial charge in [-0.15, -0.1) is 11.8 Å². The fourth-order valence-electron chi connectivity index (χ4n) is 1.39. The van der Waals surface area contributed by atoms with Gasteiger partial charge in [0.15, 0.2) is 0 Å². The van der Waals surface area contributed by atoms with Gasteiger partial charge in [-0.1, -0.05) is 11.6 Å². The second kappa shape index (κ2) is 5.43. The Bertz CT molecular complexity index is 511. The molecule has 0 saturated carbocycles. The van der Waals surface area contributed by atoms with E-state index in [4.69, 9.17) is 17.3 Å². The number of halogens is 1. The predicted octanol–water partition coefficient (Wildman–Crippen LogP) is 3.92. The summed E-state index contributed by atoms with van der Waals surface area (Å²) < 4.78 is 0. The fourth-order valence-corrected chi connectivity index (χ4v) is 2.32. The Morgan fingerprint density at radius 1 is 1.18 bits per heavy atom. The number of hydrogen-bond acceptors (Lipinski definition) is 3. The summed E-state index contributed by atoms with van der Waals surface area (Å²) in [6.07, 6.45) is 0. The minimum absolute atomic E-state index is 0.741. The number of benzene rings is 1. The Labute approximate surface area is 110 Å². The number of rotatable bonds is 3. The van der Waals surface area contributed by atoms with Gasteiger partial charge >= 0.3 is 0 Å². The highest BCUT2D eigenvalue weighted by atomic mass is 35.5. The van der Waals surface area contributed by atoms with Crippen LogP contribution < -0.4 is 5.73 Å². The van der Waals surface area contributed by atoms with Crippen LogP contribution in [0.15, 0.2) is 41.3 Å². The zero-order chi connectivity index (χ0) is 12.3. The summed E-state index contributed by atoms with van der Waals surface area (Å²) in [6, 6.07) is 11.7. The molecule has 2 rings (SSSR count). The summed E-state index contributed by atoms with van der Waals surface area (Å²) in [7, 11) is 0. The van der Waals surface area contributed by atoms with E-state index in [1.165, 1.54) is 4.90 Å². The summed E-state index contributed by atoms with van der Waals surface area (Å²) >= 11 is 7.57. The number of hydrogen-bond donors (Lipinski definition) is 1. The highest BCUT2D eigenvalue weighted by molar-refractivity contribution is 7.98. The molecule has 0 aliphatic carbocycles. The van der Waals surface area contributed by atoms with Crippen LogP contribution >= 0.6 is 23.4 Å². The smallest absolute Gasteiger partial charge is 0.0605 e. The second-order valence-corrected chi connectivity index (χ2v) is 5.21. The van der Waals surface area contributed by atoms with Crippen molar-refractivity contribution in [1.29, 1.82) is 0 Å². The van der Waals surface area contributed by atoms with Gasteiger partial charge in [-0.3, -0.25) is 4.98 Å². The van der Waals surface area contributed by atoms with Gasteiger partial charge in [0.05, 0.1) is 17.1 Å². The first-order valence-electron chi connectivity index (χ1n) is 5.25. The molecule has 17 heavy (non-hydrogen) atoms. The number of thioether (sulfide) groups is 1. The van der Waals surface area contributed by atoms with E-state index in [0.29, 0.717) is 0 Å². The lowest BCUT2D eigenvalue weighted by molar-refractivity contribution is 1.11. The number of nitrogens with zero attached hydrogens (tertiary/aromatic N) is 1. The van der Waals surface area contributed by atoms with E-state index < -0.39 is 0 Å². The summed E-state index contributed by atoms with van der Waals surface area (Å²) in [6.45, 7) is 1.92. The fraction of sp³-hybridized carbons (Fsp3) is 0.154. The van der Waals surface area contributed by atoms with E-state index in [1.807, 2.05) is 43.3 Å². The quantitative estimate of drug-likeness (QED) is 0.854. The van der Waals surface area contributed by atoms with Gasteiger partial charge < -0.3 is 5.73 Å². The molecule has 2 N–H and O–H groups in total. The van der Waals surface area contributed by atoms with Crippen LogP contribution in [0, 0.1) is 6.92 Å². The van der Waals surface area contributed by atoms with Crippen molar-refractivity contribution in [3.8, 4) is 0 Å². The van der Waals surface area contributed by atoms with Crippen molar-refractivity contribution >= 4 is 29.1 Å². The van der Waals surface area contributed by atoms with Crippen molar-refractivity contribution in [3.05, 3.63) is 52.8 Å². The lowest BCUT2D eigenvalue weighted by atomic mass is 10.3. The Kier molecular flexibility index (Phi) is 3.92. The third-order valence-corrected chi connectivity index (χ3v) is 3.68. The van der Waals surface area contributed by atoms with Crippen molar-refractivity contribution in [3.63, 3.8) is 0 Å². The number of aromatic nitrogens is 1. The first-order valence-corrected chi connectivity index (χ1v) is 6.62. The Morgan fingerprint density at radius 2 is 1.88 bits per heavy atom. The normalized spacial score (nSPS) is 10.5. The SMILES string of the molecule is Cc1nc(CSc2ccc(Cl)cc2)ccc1N. The summed E-state index contributed by atoms with van der Waals surface area (Å²) in [5, 5.41) is 0.760. The molecule has 88 valence electrons. The molecule has 0 amide bonds. The molecule has 2 aromatic rings. The molecular weight excluding hydrogens is 252 g/mol. The zero-order valence-electron chi connectivity index (χ0n) is 9.48. The topological polar surface area (TPSA) is 38.9 Å². The third-order valence-electron chi connectivity index (χ3n) is 2.38. The summed E-state index contributed by atoms with van der Waals surface area (Å²) in [5.74, 6) is 0.836. The monoisotopic (exact) mass is 264 g/mol. The molecule has 2 nitrogen and oxygen atoms in total. The maximum atomic E-state index is 5.83. The van der Waals surface area contributed by atoms with Gasteiger partial charge in [0, 0.05) is 15.7 Å². The van der Waals surface area contributed by atoms with Gasteiger partial charge in [-0.05, 0) is 43.3 Å². The molecule has 0 fully saturated rings. The summed E-state index contributed by atoms with van der Waals surface area (Å²) in [5.41, 5.74) is 8.40. The lowest BCUT2D eigenvalue weighted by Crippen LogP contribution is -1.95. The van der Waals surface area contributed by atoms with Crippen LogP contribution in [0.5, 0.6) is 0 Å². The van der Waals surface area contributed by atoms with Crippen molar-refractivity contribution in [2.45, 2.75) is 17.6 Å². The standard InChI is InChI=1S/C13H13ClN2S/c1-9-13(15)7-4-11(16-9)8-17-12-5-2-10(14)3-6-12/h2-7H,8,15H2,1H3. The molecule has 0 aliphatic rings. The third kappa shape index (κ3) is 3.38. The van der Waals surface area contributed by atoms with E-state index in [2.05, 4.69) is 4.98 Å². The van der Waals surface area contributed by atoms with Crippen LogP contribution in [0.2, 0.25) is 5.02 Å². The highest BCUT2D eigenvalue weighted by Crippen LogP contribution is 2.24. The Balaban J connectivity index is 2.02. The largest absolute Gasteiger partial charge is 0.397 e. The number of nitrogen functional groups attached to an aromatic ring is 1. The lowest BCUT2D eigenvalue weighted by Gasteiger charge is -2.04. The van der Waals surface area contributed by atoms with Crippen molar-refractivity contribution < 1.29 is 0 Å². The molecule has 0 radical (unpaired) electrons. The van der Waals surface area contributed by atoms with Gasteiger partial charge in [0.2, 0.25) is 0 Å². The molecule has 0 saturated heterocycles. The molecule has 0 atom stereocenters. The predicted molar refractivity (Wildman–Crippen MR) is 74.4 cm³/mol. The van der Waals surface area contributed by atoms with Gasteiger partial charge in [-0.25, -0.2) is 0 Å². The Morgan fingerprint density at radius 3 is 2.53 bits per heavy atom. The minimum atomic E-state index is 0.741. The van der Waals surface area contributed by atoms with Crippen molar-refractivity contribution in [2.75, 3.05) is 5.73 Å². The van der Waals surface area contributed by atoms with Crippen LogP contribution in [-0.2, 0) is 5.75 Å². The number of aryl methyl sites for hydroxylation is 1. The molecular formula is C13H13ClN2S. The number of pyridine rings is 1. The van der Waals surface area contributed by atoms with Crippen molar-refractivity contribution in [2.24, 2.45) is 0 Å². The first kappa shape index (κ1) is 12.3. The van der Waals surface area contributed by atoms with Gasteiger partial charge in [-0.2, -0.15) is 0 Å². The zero-order valence-corrected chi connectivity index (χ0v) is 11.1. The molecule has 0 bridgehead atoms. The molecule has 0 aliphatic heterocycles. The van der Waals surface area contributed by atoms with Gasteiger partial charge in [0.1, 0.15) is 0 Å². The van der Waals surface area contributed by atoms with Crippen molar-refractivity contribution in [1.82, 2.24) is 4.98 Å². The van der Waals surface area contributed by atoms with E-state index in [1.54, 1.807) is 11.8 Å². The van der Waals surface area contributed by atoms with Crippen LogP contribution in [0.3, 0.4) is 0 Å². The first-order chi connectivity index (χ1) is 8.15. The molecule has 0 unspecified atom stereocenters. The molecule has 4 heteroatoms. The van der Waals surface area contributed by atoms with E-state index >= 15 is 0 Å². The molecule has 1 heterocycles. The van der Waals surface area contributed by atoms with E-state index in [0.717, 1.165) is 27.9 Å². The van der Waals surface area contributed by atoms with Crippen LogP contribution in [-0.4, -0.2) is 4.98 Å². The maximum absolute atomic E-state index is 5.83. The summed E-state index contributed by atoms with van der Waals surface area (Å²) in [4.78, 5) is 5.62. The average Bonchev–Trinajstić information content (AvgIpc) is 2.33. The van der Waals surface area contributed by atoms with E-state index in [9.17, 15) is 0 Å². The van der Waals surface area contributed by atoms with Crippen LogP contribution in [0.1, 0.15) is 11.4 Å². The average molecular weight is 265 g/mol. The molecule has 0 spiro atoms. The maximum Gasteiger partial charge on any atom is 0.0605 e. The number of anilines is 1. The van der Waals surface area contributed by atoms with E-state index in [-0.39, 0.29) is 0 Å². The second-order valence-electron chi connectivity index (χ2n) is 3.72. The molecule has 1 aromatic carbocycles. The highest BCUT2D eigenvalue weighted by Gasteiger charge is 2.00. The minimum Gasteiger partial charge on any atom is -0.397 e. The van der Waals surface area contributed by atoms with Crippen LogP contribution in [0.4, 0.5) is 5.69 Å². The van der Waals surface area contributed by atoms with Gasteiger partial charge in [0.25, 0.3) is 0 Å². The molecule has 1 aromatic heterocycles. The Hall–Kier alpha value is -1.19.